The molecule has 1 aromatic rings. The van der Waals surface area contributed by atoms with Gasteiger partial charge in [0, 0.05) is 0 Å². The fourth-order valence-corrected chi connectivity index (χ4v) is 1.79. The molecule has 0 heterocycles. The largest absolute Gasteiger partial charge is 0.479 e. The summed E-state index contributed by atoms with van der Waals surface area (Å²) in [5.41, 5.74) is 2.47. The van der Waals surface area contributed by atoms with E-state index in [1.165, 1.54) is 18.2 Å². The van der Waals surface area contributed by atoms with Crippen LogP contribution in [0.15, 0.2) is 18.2 Å². The third-order valence-electron chi connectivity index (χ3n) is 2.71. The zero-order valence-corrected chi connectivity index (χ0v) is 11.1. The van der Waals surface area contributed by atoms with E-state index in [0.717, 1.165) is 0 Å². The van der Waals surface area contributed by atoms with E-state index in [4.69, 9.17) is 4.74 Å². The Hall–Kier alpha value is -1.51. The molecule has 1 unspecified atom stereocenters. The van der Waals surface area contributed by atoms with Gasteiger partial charge in [-0.1, -0.05) is 19.9 Å². The van der Waals surface area contributed by atoms with Gasteiger partial charge in [0.25, 0.3) is 0 Å². The van der Waals surface area contributed by atoms with Gasteiger partial charge in [-0.15, -0.1) is 0 Å². The molecule has 0 spiro atoms. The molecule has 0 N–H and O–H groups in total. The summed E-state index contributed by atoms with van der Waals surface area (Å²) >= 11 is 0. The van der Waals surface area contributed by atoms with Crippen molar-refractivity contribution in [2.75, 3.05) is 7.11 Å². The molecular formula is C14H20O3. The predicted molar refractivity (Wildman–Crippen MR) is 67.4 cm³/mol. The number of methoxy groups -OCH3 is 1. The molecule has 0 aromatic heterocycles. The Bertz CT molecular complexity index is 396. The quantitative estimate of drug-likeness (QED) is 0.754. The van der Waals surface area contributed by atoms with E-state index in [9.17, 15) is 4.79 Å². The van der Waals surface area contributed by atoms with Crippen LogP contribution < -0.4 is 4.74 Å². The topological polar surface area (TPSA) is 35.5 Å². The number of aryl methyl sites for hydroxylation is 1. The van der Waals surface area contributed by atoms with Gasteiger partial charge >= 0.3 is 5.97 Å². The van der Waals surface area contributed by atoms with Crippen LogP contribution in [-0.2, 0) is 9.53 Å². The first kappa shape index (κ1) is 13.6. The predicted octanol–water partition coefficient (Wildman–Crippen LogP) is 3.06. The highest BCUT2D eigenvalue weighted by Crippen LogP contribution is 2.24. The third kappa shape index (κ3) is 3.48. The Morgan fingerprint density at radius 1 is 1.24 bits per heavy atom. The van der Waals surface area contributed by atoms with Crippen LogP contribution in [0.2, 0.25) is 0 Å². The minimum atomic E-state index is -0.579. The number of hydrogen-bond acceptors (Lipinski definition) is 3. The van der Waals surface area contributed by atoms with Gasteiger partial charge in [-0.25, -0.2) is 4.79 Å². The Morgan fingerprint density at radius 3 is 2.35 bits per heavy atom. The Balaban J connectivity index is 2.81. The molecule has 0 saturated heterocycles. The second-order valence-electron chi connectivity index (χ2n) is 4.46. The van der Waals surface area contributed by atoms with Crippen LogP contribution in [0.25, 0.3) is 0 Å². The Morgan fingerprint density at radius 2 is 1.88 bits per heavy atom. The lowest BCUT2D eigenvalue weighted by molar-refractivity contribution is -0.147. The first-order chi connectivity index (χ1) is 7.95. The maximum Gasteiger partial charge on any atom is 0.346 e. The number of esters is 1. The van der Waals surface area contributed by atoms with Crippen molar-refractivity contribution in [3.63, 3.8) is 0 Å². The number of benzene rings is 1. The molecular weight excluding hydrogens is 216 g/mol. The van der Waals surface area contributed by atoms with Crippen LogP contribution in [-0.4, -0.2) is 19.2 Å². The van der Waals surface area contributed by atoms with E-state index in [1.807, 2.05) is 25.1 Å². The number of carbonyl (C=O) groups excluding carboxylic acids is 1. The van der Waals surface area contributed by atoms with E-state index < -0.39 is 6.10 Å². The molecule has 3 nitrogen and oxygen atoms in total. The second kappa shape index (κ2) is 5.71. The Kier molecular flexibility index (Phi) is 4.55. The van der Waals surface area contributed by atoms with Crippen molar-refractivity contribution in [1.82, 2.24) is 0 Å². The molecule has 0 aliphatic heterocycles. The molecule has 0 aliphatic carbocycles. The highest BCUT2D eigenvalue weighted by Gasteiger charge is 2.15. The average molecular weight is 236 g/mol. The van der Waals surface area contributed by atoms with Crippen molar-refractivity contribution in [3.8, 4) is 5.75 Å². The monoisotopic (exact) mass is 236 g/mol. The number of ether oxygens (including phenoxy) is 2. The van der Waals surface area contributed by atoms with Gasteiger partial charge in [0.05, 0.1) is 7.11 Å². The first-order valence-electron chi connectivity index (χ1n) is 5.80. The third-order valence-corrected chi connectivity index (χ3v) is 2.71. The van der Waals surface area contributed by atoms with E-state index in [0.29, 0.717) is 11.7 Å². The number of rotatable bonds is 4. The maximum absolute atomic E-state index is 11.2. The van der Waals surface area contributed by atoms with Gasteiger partial charge in [0.1, 0.15) is 5.75 Å². The fraction of sp³-hybridized carbons (Fsp3) is 0.500. The van der Waals surface area contributed by atoms with Gasteiger partial charge in [-0.2, -0.15) is 0 Å². The van der Waals surface area contributed by atoms with E-state index in [2.05, 4.69) is 18.6 Å². The van der Waals surface area contributed by atoms with Crippen LogP contribution in [0.3, 0.4) is 0 Å². The summed E-state index contributed by atoms with van der Waals surface area (Å²) in [6.07, 6.45) is -0.579. The molecule has 1 rings (SSSR count). The summed E-state index contributed by atoms with van der Waals surface area (Å²) in [6.45, 7) is 8.03. The molecule has 0 aliphatic rings. The zero-order chi connectivity index (χ0) is 13.0. The lowest BCUT2D eigenvalue weighted by Gasteiger charge is -2.15. The van der Waals surface area contributed by atoms with E-state index in [1.54, 1.807) is 6.92 Å². The fourth-order valence-electron chi connectivity index (χ4n) is 1.79. The standard InChI is InChI=1S/C14H20O3/c1-9(2)13-7-6-12(8-10(13)3)17-11(4)14(15)16-5/h6-9,11H,1-5H3. The minimum absolute atomic E-state index is 0.365. The summed E-state index contributed by atoms with van der Waals surface area (Å²) in [6, 6.07) is 5.88. The van der Waals surface area contributed by atoms with Crippen molar-refractivity contribution < 1.29 is 14.3 Å². The molecule has 1 atom stereocenters. The lowest BCUT2D eigenvalue weighted by Crippen LogP contribution is -2.24. The van der Waals surface area contributed by atoms with Crippen molar-refractivity contribution in [2.45, 2.75) is 39.7 Å². The minimum Gasteiger partial charge on any atom is -0.479 e. The highest BCUT2D eigenvalue weighted by molar-refractivity contribution is 5.74. The zero-order valence-electron chi connectivity index (χ0n) is 11.1. The molecule has 0 saturated carbocycles. The molecule has 0 bridgehead atoms. The van der Waals surface area contributed by atoms with Gasteiger partial charge < -0.3 is 9.47 Å². The summed E-state index contributed by atoms with van der Waals surface area (Å²) in [7, 11) is 1.36. The normalized spacial score (nSPS) is 12.4. The Labute approximate surface area is 103 Å². The maximum atomic E-state index is 11.2. The van der Waals surface area contributed by atoms with Crippen molar-refractivity contribution >= 4 is 5.97 Å². The second-order valence-corrected chi connectivity index (χ2v) is 4.46. The lowest BCUT2D eigenvalue weighted by atomic mass is 9.98. The van der Waals surface area contributed by atoms with Gasteiger partial charge in [0.15, 0.2) is 6.10 Å². The van der Waals surface area contributed by atoms with E-state index >= 15 is 0 Å². The molecule has 3 heteroatoms. The van der Waals surface area contributed by atoms with Crippen molar-refractivity contribution in [3.05, 3.63) is 29.3 Å². The van der Waals surface area contributed by atoms with Gasteiger partial charge in [-0.05, 0) is 43.0 Å². The molecule has 0 fully saturated rings. The van der Waals surface area contributed by atoms with E-state index in [-0.39, 0.29) is 5.97 Å². The molecule has 0 amide bonds. The molecule has 1 aromatic carbocycles. The average Bonchev–Trinajstić information content (AvgIpc) is 2.27. The molecule has 94 valence electrons. The highest BCUT2D eigenvalue weighted by atomic mass is 16.6. The summed E-state index contributed by atoms with van der Waals surface area (Å²) in [5.74, 6) is 0.822. The van der Waals surface area contributed by atoms with Crippen LogP contribution >= 0.6 is 0 Å². The van der Waals surface area contributed by atoms with Crippen molar-refractivity contribution in [1.29, 1.82) is 0 Å². The van der Waals surface area contributed by atoms with Crippen LogP contribution in [0.1, 0.15) is 37.8 Å². The summed E-state index contributed by atoms with van der Waals surface area (Å²) in [4.78, 5) is 11.2. The van der Waals surface area contributed by atoms with Crippen LogP contribution in [0.5, 0.6) is 5.75 Å². The van der Waals surface area contributed by atoms with Crippen LogP contribution in [0, 0.1) is 6.92 Å². The van der Waals surface area contributed by atoms with Crippen molar-refractivity contribution in [2.24, 2.45) is 0 Å². The summed E-state index contributed by atoms with van der Waals surface area (Å²) in [5, 5.41) is 0. The smallest absolute Gasteiger partial charge is 0.346 e. The number of hydrogen-bond donors (Lipinski definition) is 0. The first-order valence-corrected chi connectivity index (χ1v) is 5.80. The SMILES string of the molecule is COC(=O)C(C)Oc1ccc(C(C)C)c(C)c1. The van der Waals surface area contributed by atoms with Gasteiger partial charge in [-0.3, -0.25) is 0 Å². The molecule has 0 radical (unpaired) electrons. The number of carbonyl (C=O) groups is 1. The summed E-state index contributed by atoms with van der Waals surface area (Å²) < 4.78 is 10.1. The molecule has 17 heavy (non-hydrogen) atoms. The van der Waals surface area contributed by atoms with Gasteiger partial charge in [0.2, 0.25) is 0 Å². The van der Waals surface area contributed by atoms with Crippen LogP contribution in [0.4, 0.5) is 0 Å².